The van der Waals surface area contributed by atoms with Gasteiger partial charge in [0.05, 0.1) is 6.04 Å². The van der Waals surface area contributed by atoms with Gasteiger partial charge in [0.15, 0.2) is 0 Å². The summed E-state index contributed by atoms with van der Waals surface area (Å²) < 4.78 is 0. The van der Waals surface area contributed by atoms with Crippen LogP contribution in [0, 0.1) is 11.8 Å². The van der Waals surface area contributed by atoms with Gasteiger partial charge in [-0.3, -0.25) is 4.90 Å². The summed E-state index contributed by atoms with van der Waals surface area (Å²) in [6.45, 7) is 6.37. The third-order valence-corrected chi connectivity index (χ3v) is 4.70. The molecule has 122 valence electrons. The summed E-state index contributed by atoms with van der Waals surface area (Å²) in [6.07, 6.45) is 5.93. The van der Waals surface area contributed by atoms with Gasteiger partial charge in [-0.1, -0.05) is 72.9 Å². The second-order valence-electron chi connectivity index (χ2n) is 6.35. The predicted molar refractivity (Wildman–Crippen MR) is 102 cm³/mol. The van der Waals surface area contributed by atoms with Gasteiger partial charge in [0.2, 0.25) is 0 Å². The first kappa shape index (κ1) is 16.6. The molecule has 3 rings (SSSR count). The Bertz CT molecular complexity index is 687. The lowest BCUT2D eigenvalue weighted by Crippen LogP contribution is -2.41. The maximum atomic E-state index is 4.11. The highest BCUT2D eigenvalue weighted by molar-refractivity contribution is 5.38. The molecule has 1 fully saturated rings. The van der Waals surface area contributed by atoms with Gasteiger partial charge in [-0.2, -0.15) is 0 Å². The maximum Gasteiger partial charge on any atom is 0.0822 e. The van der Waals surface area contributed by atoms with E-state index in [9.17, 15) is 0 Å². The van der Waals surface area contributed by atoms with Gasteiger partial charge in [-0.05, 0) is 43.6 Å². The van der Waals surface area contributed by atoms with E-state index in [0.717, 1.165) is 18.7 Å². The van der Waals surface area contributed by atoms with Crippen molar-refractivity contribution in [1.82, 2.24) is 4.90 Å². The highest BCUT2D eigenvalue weighted by atomic mass is 15.2. The van der Waals surface area contributed by atoms with Crippen molar-refractivity contribution >= 4 is 0 Å². The Morgan fingerprint density at radius 2 is 1.50 bits per heavy atom. The van der Waals surface area contributed by atoms with Gasteiger partial charge in [0.1, 0.15) is 0 Å². The van der Waals surface area contributed by atoms with Crippen molar-refractivity contribution in [2.45, 2.75) is 31.2 Å². The summed E-state index contributed by atoms with van der Waals surface area (Å²) in [4.78, 5) is 2.54. The highest BCUT2D eigenvalue weighted by Crippen LogP contribution is 2.27. The summed E-state index contributed by atoms with van der Waals surface area (Å²) in [5, 5.41) is 0. The number of nitrogens with zero attached hydrogens (tertiary/aromatic N) is 1. The molecule has 1 heteroatoms. The molecule has 0 amide bonds. The van der Waals surface area contributed by atoms with Crippen molar-refractivity contribution in [3.8, 4) is 11.8 Å². The predicted octanol–water partition coefficient (Wildman–Crippen LogP) is 4.86. The monoisotopic (exact) mass is 315 g/mol. The number of benzene rings is 2. The third kappa shape index (κ3) is 4.16. The molecule has 2 aromatic carbocycles. The molecule has 1 aliphatic rings. The minimum atomic E-state index is 0.186. The Morgan fingerprint density at radius 3 is 2.12 bits per heavy atom. The van der Waals surface area contributed by atoms with E-state index < -0.39 is 0 Å². The second kappa shape index (κ2) is 8.52. The zero-order valence-corrected chi connectivity index (χ0v) is 14.2. The van der Waals surface area contributed by atoms with Gasteiger partial charge in [-0.25, -0.2) is 0 Å². The molecule has 0 bridgehead atoms. The van der Waals surface area contributed by atoms with Crippen LogP contribution in [0.25, 0.3) is 0 Å². The van der Waals surface area contributed by atoms with E-state index in [0.29, 0.717) is 0 Å². The first-order valence-corrected chi connectivity index (χ1v) is 8.86. The zero-order chi connectivity index (χ0) is 16.6. The minimum Gasteiger partial charge on any atom is -0.289 e. The molecule has 0 radical (unpaired) electrons. The number of piperidine rings is 1. The topological polar surface area (TPSA) is 3.24 Å². The van der Waals surface area contributed by atoms with Crippen molar-refractivity contribution in [3.63, 3.8) is 0 Å². The molecule has 0 aromatic heterocycles. The average Bonchev–Trinajstić information content (AvgIpc) is 2.67. The first-order valence-electron chi connectivity index (χ1n) is 8.86. The van der Waals surface area contributed by atoms with E-state index in [-0.39, 0.29) is 12.0 Å². The van der Waals surface area contributed by atoms with Gasteiger partial charge in [-0.15, -0.1) is 6.58 Å². The average molecular weight is 315 g/mol. The molecule has 2 unspecified atom stereocenters. The largest absolute Gasteiger partial charge is 0.289 e. The van der Waals surface area contributed by atoms with Crippen LogP contribution in [0.4, 0.5) is 0 Å². The Hall–Kier alpha value is -2.30. The smallest absolute Gasteiger partial charge is 0.0822 e. The van der Waals surface area contributed by atoms with Crippen LogP contribution in [0.5, 0.6) is 0 Å². The molecule has 1 saturated heterocycles. The summed E-state index contributed by atoms with van der Waals surface area (Å²) in [6, 6.07) is 21.1. The SMILES string of the molecule is C=CC(c1ccccc1)C(C#Cc1ccccc1)N1CCCCC1. The third-order valence-electron chi connectivity index (χ3n) is 4.70. The number of likely N-dealkylation sites (tertiary alicyclic amines) is 1. The number of rotatable bonds is 4. The molecule has 0 saturated carbocycles. The van der Waals surface area contributed by atoms with Crippen molar-refractivity contribution in [1.29, 1.82) is 0 Å². The molecule has 24 heavy (non-hydrogen) atoms. The molecular formula is C23H25N. The lowest BCUT2D eigenvalue weighted by molar-refractivity contribution is 0.186. The van der Waals surface area contributed by atoms with E-state index in [2.05, 4.69) is 71.9 Å². The van der Waals surface area contributed by atoms with E-state index in [1.54, 1.807) is 0 Å². The van der Waals surface area contributed by atoms with Crippen molar-refractivity contribution in [2.75, 3.05) is 13.1 Å². The standard InChI is InChI=1S/C23H25N/c1-2-22(21-14-8-4-9-15-21)23(24-18-10-5-11-19-24)17-16-20-12-6-3-7-13-20/h2-4,6-9,12-15,22-23H,1,5,10-11,18-19H2. The van der Waals surface area contributed by atoms with Gasteiger partial charge >= 0.3 is 0 Å². The lowest BCUT2D eigenvalue weighted by atomic mass is 9.89. The van der Waals surface area contributed by atoms with E-state index >= 15 is 0 Å². The molecule has 1 aliphatic heterocycles. The van der Waals surface area contributed by atoms with Gasteiger partial charge in [0.25, 0.3) is 0 Å². The van der Waals surface area contributed by atoms with Crippen LogP contribution in [0.3, 0.4) is 0 Å². The summed E-state index contributed by atoms with van der Waals surface area (Å²) in [7, 11) is 0. The molecule has 2 atom stereocenters. The zero-order valence-electron chi connectivity index (χ0n) is 14.2. The minimum absolute atomic E-state index is 0.186. The lowest BCUT2D eigenvalue weighted by Gasteiger charge is -2.35. The summed E-state index contributed by atoms with van der Waals surface area (Å²) in [5.41, 5.74) is 2.38. The Kier molecular flexibility index (Phi) is 5.88. The molecule has 2 aromatic rings. The molecule has 1 heterocycles. The fraction of sp³-hybridized carbons (Fsp3) is 0.304. The van der Waals surface area contributed by atoms with Crippen LogP contribution in [-0.2, 0) is 0 Å². The van der Waals surface area contributed by atoms with Crippen LogP contribution in [-0.4, -0.2) is 24.0 Å². The van der Waals surface area contributed by atoms with Crippen molar-refractivity contribution in [3.05, 3.63) is 84.4 Å². The normalized spacial score (nSPS) is 17.3. The number of hydrogen-bond donors (Lipinski definition) is 0. The number of hydrogen-bond acceptors (Lipinski definition) is 1. The molecule has 0 aliphatic carbocycles. The Morgan fingerprint density at radius 1 is 0.875 bits per heavy atom. The molecule has 1 nitrogen and oxygen atoms in total. The van der Waals surface area contributed by atoms with Crippen LogP contribution in [0.2, 0.25) is 0 Å². The molecule has 0 spiro atoms. The second-order valence-corrected chi connectivity index (χ2v) is 6.35. The molecular weight excluding hydrogens is 290 g/mol. The van der Waals surface area contributed by atoms with Crippen LogP contribution < -0.4 is 0 Å². The van der Waals surface area contributed by atoms with Crippen LogP contribution in [0.15, 0.2) is 73.3 Å². The highest BCUT2D eigenvalue weighted by Gasteiger charge is 2.26. The molecule has 0 N–H and O–H groups in total. The van der Waals surface area contributed by atoms with E-state index in [4.69, 9.17) is 0 Å². The first-order chi connectivity index (χ1) is 11.9. The van der Waals surface area contributed by atoms with Crippen molar-refractivity contribution in [2.24, 2.45) is 0 Å². The van der Waals surface area contributed by atoms with Crippen LogP contribution >= 0.6 is 0 Å². The van der Waals surface area contributed by atoms with Crippen LogP contribution in [0.1, 0.15) is 36.3 Å². The quantitative estimate of drug-likeness (QED) is 0.575. The Balaban J connectivity index is 1.92. The Labute approximate surface area is 146 Å². The van der Waals surface area contributed by atoms with Crippen molar-refractivity contribution < 1.29 is 0 Å². The summed E-state index contributed by atoms with van der Waals surface area (Å²) in [5.74, 6) is 7.18. The maximum absolute atomic E-state index is 4.11. The summed E-state index contributed by atoms with van der Waals surface area (Å²) >= 11 is 0. The fourth-order valence-corrected chi connectivity index (χ4v) is 3.41. The van der Waals surface area contributed by atoms with E-state index in [1.165, 1.54) is 24.8 Å². The van der Waals surface area contributed by atoms with E-state index in [1.807, 2.05) is 18.2 Å². The van der Waals surface area contributed by atoms with Gasteiger partial charge in [0, 0.05) is 11.5 Å². The fourth-order valence-electron chi connectivity index (χ4n) is 3.41. The van der Waals surface area contributed by atoms with Gasteiger partial charge < -0.3 is 0 Å².